The van der Waals surface area contributed by atoms with Crippen molar-refractivity contribution in [3.63, 3.8) is 0 Å². The number of carbonyl (C=O) groups excluding carboxylic acids is 1. The number of piperidine rings is 1. The SMILES string of the molecule is CCN(CC)C(=O)N1CCC(CCNC)CC1. The molecule has 0 aliphatic carbocycles. The van der Waals surface area contributed by atoms with E-state index in [4.69, 9.17) is 0 Å². The fourth-order valence-electron chi connectivity index (χ4n) is 2.46. The standard InChI is InChI=1S/C13H27N3O/c1-4-15(5-2)13(17)16-10-7-12(8-11-16)6-9-14-3/h12,14H,4-11H2,1-3H3. The topological polar surface area (TPSA) is 35.6 Å². The van der Waals surface area contributed by atoms with Crippen molar-refractivity contribution in [2.24, 2.45) is 5.92 Å². The molecule has 0 bridgehead atoms. The van der Waals surface area contributed by atoms with Gasteiger partial charge in [-0.05, 0) is 52.6 Å². The van der Waals surface area contributed by atoms with Crippen LogP contribution in [0.25, 0.3) is 0 Å². The van der Waals surface area contributed by atoms with Crippen LogP contribution in [-0.4, -0.2) is 55.6 Å². The van der Waals surface area contributed by atoms with Gasteiger partial charge in [0.15, 0.2) is 0 Å². The van der Waals surface area contributed by atoms with Crippen molar-refractivity contribution in [1.29, 1.82) is 0 Å². The molecule has 0 spiro atoms. The average molecular weight is 241 g/mol. The zero-order valence-corrected chi connectivity index (χ0v) is 11.5. The smallest absolute Gasteiger partial charge is 0.319 e. The summed E-state index contributed by atoms with van der Waals surface area (Å²) in [4.78, 5) is 16.0. The quantitative estimate of drug-likeness (QED) is 0.796. The van der Waals surface area contributed by atoms with Crippen LogP contribution >= 0.6 is 0 Å². The second-order valence-corrected chi connectivity index (χ2v) is 4.78. The average Bonchev–Trinajstić information content (AvgIpc) is 2.38. The minimum Gasteiger partial charge on any atom is -0.325 e. The molecule has 0 aromatic rings. The first-order valence-electron chi connectivity index (χ1n) is 6.91. The number of urea groups is 1. The summed E-state index contributed by atoms with van der Waals surface area (Å²) in [6, 6.07) is 0.224. The van der Waals surface area contributed by atoms with Gasteiger partial charge in [0.1, 0.15) is 0 Å². The fraction of sp³-hybridized carbons (Fsp3) is 0.923. The molecule has 1 aliphatic rings. The van der Waals surface area contributed by atoms with Crippen molar-refractivity contribution in [1.82, 2.24) is 15.1 Å². The largest absolute Gasteiger partial charge is 0.325 e. The zero-order chi connectivity index (χ0) is 12.7. The van der Waals surface area contributed by atoms with Crippen LogP contribution in [0.15, 0.2) is 0 Å². The first-order chi connectivity index (χ1) is 8.22. The molecule has 1 aliphatic heterocycles. The molecule has 2 amide bonds. The first-order valence-corrected chi connectivity index (χ1v) is 6.91. The highest BCUT2D eigenvalue weighted by Gasteiger charge is 2.24. The van der Waals surface area contributed by atoms with Crippen LogP contribution < -0.4 is 5.32 Å². The van der Waals surface area contributed by atoms with E-state index >= 15 is 0 Å². The van der Waals surface area contributed by atoms with E-state index in [1.54, 1.807) is 0 Å². The third-order valence-corrected chi connectivity index (χ3v) is 3.72. The number of likely N-dealkylation sites (tertiary alicyclic amines) is 1. The van der Waals surface area contributed by atoms with Crippen molar-refractivity contribution in [3.8, 4) is 0 Å². The molecular weight excluding hydrogens is 214 g/mol. The molecule has 1 N–H and O–H groups in total. The van der Waals surface area contributed by atoms with Crippen LogP contribution in [0.1, 0.15) is 33.1 Å². The molecule has 1 saturated heterocycles. The summed E-state index contributed by atoms with van der Waals surface area (Å²) in [7, 11) is 2.00. The molecule has 1 rings (SSSR count). The van der Waals surface area contributed by atoms with Gasteiger partial charge >= 0.3 is 6.03 Å². The van der Waals surface area contributed by atoms with E-state index in [0.717, 1.165) is 51.5 Å². The fourth-order valence-corrected chi connectivity index (χ4v) is 2.46. The maximum atomic E-state index is 12.1. The van der Waals surface area contributed by atoms with Crippen LogP contribution in [0.2, 0.25) is 0 Å². The van der Waals surface area contributed by atoms with Crippen LogP contribution in [0, 0.1) is 5.92 Å². The molecule has 0 unspecified atom stereocenters. The maximum Gasteiger partial charge on any atom is 0.319 e. The highest BCUT2D eigenvalue weighted by atomic mass is 16.2. The Morgan fingerprint density at radius 2 is 1.88 bits per heavy atom. The summed E-state index contributed by atoms with van der Waals surface area (Å²) < 4.78 is 0. The summed E-state index contributed by atoms with van der Waals surface area (Å²) in [6.07, 6.45) is 3.56. The van der Waals surface area contributed by atoms with Gasteiger partial charge in [0, 0.05) is 26.2 Å². The van der Waals surface area contributed by atoms with Crippen LogP contribution in [0.4, 0.5) is 4.79 Å². The molecule has 100 valence electrons. The van der Waals surface area contributed by atoms with E-state index in [1.165, 1.54) is 6.42 Å². The number of carbonyl (C=O) groups is 1. The Labute approximate surface area is 105 Å². The third-order valence-electron chi connectivity index (χ3n) is 3.72. The second kappa shape index (κ2) is 7.54. The lowest BCUT2D eigenvalue weighted by molar-refractivity contribution is 0.134. The van der Waals surface area contributed by atoms with Gasteiger partial charge in [-0.15, -0.1) is 0 Å². The lowest BCUT2D eigenvalue weighted by atomic mass is 9.94. The van der Waals surface area contributed by atoms with E-state index in [-0.39, 0.29) is 6.03 Å². The zero-order valence-electron chi connectivity index (χ0n) is 11.5. The molecule has 0 saturated carbocycles. The summed E-state index contributed by atoms with van der Waals surface area (Å²) in [5.74, 6) is 0.795. The third kappa shape index (κ3) is 4.19. The van der Waals surface area contributed by atoms with Gasteiger partial charge < -0.3 is 15.1 Å². The molecule has 0 aromatic carbocycles. The van der Waals surface area contributed by atoms with Crippen molar-refractivity contribution >= 4 is 6.03 Å². The van der Waals surface area contributed by atoms with Gasteiger partial charge in [-0.3, -0.25) is 0 Å². The van der Waals surface area contributed by atoms with Gasteiger partial charge in [0.25, 0.3) is 0 Å². The molecular formula is C13H27N3O. The maximum absolute atomic E-state index is 12.1. The van der Waals surface area contributed by atoms with Crippen LogP contribution in [0.5, 0.6) is 0 Å². The molecule has 0 radical (unpaired) electrons. The van der Waals surface area contributed by atoms with Gasteiger partial charge in [0.2, 0.25) is 0 Å². The molecule has 0 atom stereocenters. The molecule has 17 heavy (non-hydrogen) atoms. The molecule has 1 heterocycles. The number of amides is 2. The Balaban J connectivity index is 2.33. The Hall–Kier alpha value is -0.770. The summed E-state index contributed by atoms with van der Waals surface area (Å²) in [5.41, 5.74) is 0. The number of hydrogen-bond acceptors (Lipinski definition) is 2. The lowest BCUT2D eigenvalue weighted by Gasteiger charge is -2.35. The van der Waals surface area contributed by atoms with Gasteiger partial charge in [-0.2, -0.15) is 0 Å². The number of nitrogens with zero attached hydrogens (tertiary/aromatic N) is 2. The number of nitrogens with one attached hydrogen (secondary N) is 1. The van der Waals surface area contributed by atoms with Crippen molar-refractivity contribution in [3.05, 3.63) is 0 Å². The summed E-state index contributed by atoms with van der Waals surface area (Å²) >= 11 is 0. The molecule has 4 nitrogen and oxygen atoms in total. The lowest BCUT2D eigenvalue weighted by Crippen LogP contribution is -2.46. The predicted molar refractivity (Wildman–Crippen MR) is 71.2 cm³/mol. The van der Waals surface area contributed by atoms with Crippen molar-refractivity contribution < 1.29 is 4.79 Å². The first kappa shape index (κ1) is 14.3. The second-order valence-electron chi connectivity index (χ2n) is 4.78. The molecule has 0 aromatic heterocycles. The molecule has 4 heteroatoms. The van der Waals surface area contributed by atoms with Crippen molar-refractivity contribution in [2.75, 3.05) is 39.8 Å². The van der Waals surface area contributed by atoms with E-state index < -0.39 is 0 Å². The monoisotopic (exact) mass is 241 g/mol. The van der Waals surface area contributed by atoms with E-state index in [1.807, 2.05) is 30.7 Å². The highest BCUT2D eigenvalue weighted by Crippen LogP contribution is 2.20. The summed E-state index contributed by atoms with van der Waals surface area (Å²) in [5, 5.41) is 3.20. The Morgan fingerprint density at radius 3 is 2.35 bits per heavy atom. The number of hydrogen-bond donors (Lipinski definition) is 1. The van der Waals surface area contributed by atoms with Gasteiger partial charge in [0.05, 0.1) is 0 Å². The Morgan fingerprint density at radius 1 is 1.29 bits per heavy atom. The normalized spacial score (nSPS) is 17.2. The predicted octanol–water partition coefficient (Wildman–Crippen LogP) is 1.77. The molecule has 1 fully saturated rings. The Kier molecular flexibility index (Phi) is 6.34. The van der Waals surface area contributed by atoms with Crippen LogP contribution in [0.3, 0.4) is 0 Å². The van der Waals surface area contributed by atoms with E-state index in [9.17, 15) is 4.79 Å². The van der Waals surface area contributed by atoms with E-state index in [2.05, 4.69) is 5.32 Å². The van der Waals surface area contributed by atoms with Crippen LogP contribution in [-0.2, 0) is 0 Å². The van der Waals surface area contributed by atoms with Crippen molar-refractivity contribution in [2.45, 2.75) is 33.1 Å². The summed E-state index contributed by atoms with van der Waals surface area (Å²) in [6.45, 7) is 8.67. The minimum absolute atomic E-state index is 0.224. The van der Waals surface area contributed by atoms with Gasteiger partial charge in [-0.25, -0.2) is 4.79 Å². The number of rotatable bonds is 5. The Bertz CT molecular complexity index is 221. The highest BCUT2D eigenvalue weighted by molar-refractivity contribution is 5.74. The minimum atomic E-state index is 0.224. The van der Waals surface area contributed by atoms with E-state index in [0.29, 0.717) is 0 Å². The van der Waals surface area contributed by atoms with Gasteiger partial charge in [-0.1, -0.05) is 0 Å².